The summed E-state index contributed by atoms with van der Waals surface area (Å²) in [6.45, 7) is 3.68. The van der Waals surface area contributed by atoms with Crippen molar-refractivity contribution in [2.75, 3.05) is 31.1 Å². The smallest absolute Gasteiger partial charge is 0.166 e. The number of anilines is 1. The molecule has 4 nitrogen and oxygen atoms in total. The van der Waals surface area contributed by atoms with Gasteiger partial charge in [-0.25, -0.2) is 0 Å². The highest BCUT2D eigenvalue weighted by Crippen LogP contribution is 2.13. The van der Waals surface area contributed by atoms with Crippen molar-refractivity contribution in [2.45, 2.75) is 0 Å². The number of hydrogen-bond acceptors (Lipinski definition) is 3. The summed E-state index contributed by atoms with van der Waals surface area (Å²) in [5.74, 6) is 0. The molecule has 1 aliphatic heterocycles. The third-order valence-electron chi connectivity index (χ3n) is 2.60. The Bertz CT molecular complexity index is 333. The summed E-state index contributed by atoms with van der Waals surface area (Å²) in [7, 11) is 0. The van der Waals surface area contributed by atoms with Crippen LogP contribution < -0.4 is 10.6 Å². The van der Waals surface area contributed by atoms with Gasteiger partial charge in [0, 0.05) is 32.4 Å². The molecule has 0 spiro atoms. The molecule has 1 aromatic rings. The van der Waals surface area contributed by atoms with Crippen LogP contribution in [0.5, 0.6) is 0 Å². The summed E-state index contributed by atoms with van der Waals surface area (Å²) in [6, 6.07) is 4.03. The predicted molar refractivity (Wildman–Crippen MR) is 64.8 cm³/mol. The van der Waals surface area contributed by atoms with E-state index in [1.807, 2.05) is 17.2 Å². The van der Waals surface area contributed by atoms with Crippen molar-refractivity contribution in [3.63, 3.8) is 0 Å². The molecule has 0 bridgehead atoms. The summed E-state index contributed by atoms with van der Waals surface area (Å²) < 4.78 is 0. The predicted octanol–water partition coefficient (Wildman–Crippen LogP) is 0.447. The summed E-state index contributed by atoms with van der Waals surface area (Å²) in [6.07, 6.45) is 3.67. The monoisotopic (exact) mass is 222 g/mol. The van der Waals surface area contributed by atoms with Crippen molar-refractivity contribution in [1.82, 2.24) is 9.88 Å². The molecule has 0 amide bonds. The van der Waals surface area contributed by atoms with Gasteiger partial charge in [0.2, 0.25) is 0 Å². The molecular weight excluding hydrogens is 208 g/mol. The maximum atomic E-state index is 5.58. The van der Waals surface area contributed by atoms with Crippen molar-refractivity contribution in [2.24, 2.45) is 5.73 Å². The van der Waals surface area contributed by atoms with Crippen LogP contribution in [0.2, 0.25) is 0 Å². The molecule has 2 heterocycles. The van der Waals surface area contributed by atoms with Crippen molar-refractivity contribution in [1.29, 1.82) is 0 Å². The van der Waals surface area contributed by atoms with Crippen LogP contribution in [0.15, 0.2) is 24.5 Å². The number of rotatable bonds is 1. The van der Waals surface area contributed by atoms with Gasteiger partial charge in [0.25, 0.3) is 0 Å². The fraction of sp³-hybridized carbons (Fsp3) is 0.400. The normalized spacial score (nSPS) is 16.5. The van der Waals surface area contributed by atoms with Crippen molar-refractivity contribution in [3.05, 3.63) is 24.5 Å². The number of nitrogens with zero attached hydrogens (tertiary/aromatic N) is 3. The fourth-order valence-corrected chi connectivity index (χ4v) is 1.91. The van der Waals surface area contributed by atoms with Crippen LogP contribution in [0.25, 0.3) is 0 Å². The van der Waals surface area contributed by atoms with Crippen LogP contribution >= 0.6 is 12.2 Å². The molecule has 0 saturated carbocycles. The second kappa shape index (κ2) is 4.44. The van der Waals surface area contributed by atoms with E-state index in [2.05, 4.69) is 16.0 Å². The largest absolute Gasteiger partial charge is 0.376 e. The molecule has 0 unspecified atom stereocenters. The zero-order valence-corrected chi connectivity index (χ0v) is 9.28. The van der Waals surface area contributed by atoms with Crippen molar-refractivity contribution < 1.29 is 0 Å². The lowest BCUT2D eigenvalue weighted by molar-refractivity contribution is 0.388. The fourth-order valence-electron chi connectivity index (χ4n) is 1.73. The molecule has 80 valence electrons. The van der Waals surface area contributed by atoms with E-state index in [9.17, 15) is 0 Å². The quantitative estimate of drug-likeness (QED) is 0.699. The van der Waals surface area contributed by atoms with Crippen LogP contribution in [0.3, 0.4) is 0 Å². The summed E-state index contributed by atoms with van der Waals surface area (Å²) >= 11 is 4.94. The van der Waals surface area contributed by atoms with Gasteiger partial charge in [0.15, 0.2) is 5.11 Å². The molecule has 0 aliphatic carbocycles. The molecule has 1 saturated heterocycles. The van der Waals surface area contributed by atoms with Gasteiger partial charge in [0.05, 0.1) is 11.9 Å². The zero-order chi connectivity index (χ0) is 10.7. The van der Waals surface area contributed by atoms with Gasteiger partial charge >= 0.3 is 0 Å². The van der Waals surface area contributed by atoms with Crippen LogP contribution in [-0.4, -0.2) is 41.2 Å². The van der Waals surface area contributed by atoms with Crippen LogP contribution in [0.1, 0.15) is 0 Å². The van der Waals surface area contributed by atoms with Gasteiger partial charge < -0.3 is 15.5 Å². The first-order valence-corrected chi connectivity index (χ1v) is 5.37. The maximum absolute atomic E-state index is 5.58. The summed E-state index contributed by atoms with van der Waals surface area (Å²) in [4.78, 5) is 8.43. The highest BCUT2D eigenvalue weighted by molar-refractivity contribution is 7.80. The molecule has 0 aromatic carbocycles. The molecule has 15 heavy (non-hydrogen) atoms. The third-order valence-corrected chi connectivity index (χ3v) is 2.86. The minimum absolute atomic E-state index is 0.501. The number of hydrogen-bond donors (Lipinski definition) is 1. The zero-order valence-electron chi connectivity index (χ0n) is 8.47. The Kier molecular flexibility index (Phi) is 3.01. The van der Waals surface area contributed by atoms with Crippen LogP contribution in [-0.2, 0) is 0 Å². The standard InChI is InChI=1S/C10H14N4S/c11-10(15)14-6-4-13(5-7-14)9-2-1-3-12-8-9/h1-3,8H,4-7H2,(H2,11,15). The first kappa shape index (κ1) is 10.2. The molecule has 0 atom stereocenters. The van der Waals surface area contributed by atoms with E-state index in [1.54, 1.807) is 6.20 Å². The number of thiocarbonyl (C=S) groups is 1. The Morgan fingerprint density at radius 2 is 2.07 bits per heavy atom. The Morgan fingerprint density at radius 3 is 2.60 bits per heavy atom. The van der Waals surface area contributed by atoms with E-state index in [0.29, 0.717) is 5.11 Å². The highest BCUT2D eigenvalue weighted by atomic mass is 32.1. The van der Waals surface area contributed by atoms with E-state index in [4.69, 9.17) is 18.0 Å². The van der Waals surface area contributed by atoms with Crippen molar-refractivity contribution >= 4 is 23.0 Å². The molecule has 1 fully saturated rings. The Hall–Kier alpha value is -1.36. The molecule has 1 aromatic heterocycles. The number of pyridine rings is 1. The summed E-state index contributed by atoms with van der Waals surface area (Å²) in [5.41, 5.74) is 6.74. The average molecular weight is 222 g/mol. The van der Waals surface area contributed by atoms with Crippen molar-refractivity contribution in [3.8, 4) is 0 Å². The molecule has 2 N–H and O–H groups in total. The van der Waals surface area contributed by atoms with Crippen LogP contribution in [0.4, 0.5) is 5.69 Å². The van der Waals surface area contributed by atoms with E-state index in [0.717, 1.165) is 26.2 Å². The Morgan fingerprint density at radius 1 is 1.33 bits per heavy atom. The minimum Gasteiger partial charge on any atom is -0.376 e. The molecule has 0 radical (unpaired) electrons. The van der Waals surface area contributed by atoms with Gasteiger partial charge in [-0.15, -0.1) is 0 Å². The second-order valence-corrected chi connectivity index (χ2v) is 3.94. The Labute approximate surface area is 94.7 Å². The molecule has 5 heteroatoms. The van der Waals surface area contributed by atoms with Gasteiger partial charge in [-0.2, -0.15) is 0 Å². The summed E-state index contributed by atoms with van der Waals surface area (Å²) in [5, 5.41) is 0.501. The highest BCUT2D eigenvalue weighted by Gasteiger charge is 2.17. The first-order valence-electron chi connectivity index (χ1n) is 4.97. The lowest BCUT2D eigenvalue weighted by Gasteiger charge is -2.36. The lowest BCUT2D eigenvalue weighted by atomic mass is 10.3. The third kappa shape index (κ3) is 2.36. The maximum Gasteiger partial charge on any atom is 0.166 e. The van der Waals surface area contributed by atoms with E-state index in [-0.39, 0.29) is 0 Å². The number of piperazine rings is 1. The Balaban J connectivity index is 1.97. The lowest BCUT2D eigenvalue weighted by Crippen LogP contribution is -2.50. The second-order valence-electron chi connectivity index (χ2n) is 3.52. The average Bonchev–Trinajstić information content (AvgIpc) is 2.30. The molecule has 1 aliphatic rings. The topological polar surface area (TPSA) is 45.4 Å². The van der Waals surface area contributed by atoms with Crippen LogP contribution in [0, 0.1) is 0 Å². The van der Waals surface area contributed by atoms with Gasteiger partial charge in [0.1, 0.15) is 0 Å². The van der Waals surface area contributed by atoms with Gasteiger partial charge in [-0.1, -0.05) is 0 Å². The van der Waals surface area contributed by atoms with Gasteiger partial charge in [-0.3, -0.25) is 4.98 Å². The number of nitrogens with two attached hydrogens (primary N) is 1. The SMILES string of the molecule is NC(=S)N1CCN(c2cccnc2)CC1. The van der Waals surface area contributed by atoms with Gasteiger partial charge in [-0.05, 0) is 24.4 Å². The molecule has 2 rings (SSSR count). The molecular formula is C10H14N4S. The van der Waals surface area contributed by atoms with E-state index < -0.39 is 0 Å². The minimum atomic E-state index is 0.501. The number of aromatic nitrogens is 1. The first-order chi connectivity index (χ1) is 7.27. The van der Waals surface area contributed by atoms with E-state index >= 15 is 0 Å². The van der Waals surface area contributed by atoms with E-state index in [1.165, 1.54) is 5.69 Å².